The van der Waals surface area contributed by atoms with Crippen molar-refractivity contribution in [1.82, 2.24) is 30.8 Å². The lowest BCUT2D eigenvalue weighted by Gasteiger charge is -2.17. The van der Waals surface area contributed by atoms with Crippen LogP contribution >= 0.6 is 0 Å². The topological polar surface area (TPSA) is 124 Å². The number of hydrogen-bond acceptors (Lipinski definition) is 6. The lowest BCUT2D eigenvalue weighted by atomic mass is 9.89. The predicted molar refractivity (Wildman–Crippen MR) is 199 cm³/mol. The smallest absolute Gasteiger partial charge is 0.127 e. The number of aromatic nitrogens is 6. The van der Waals surface area contributed by atoms with Crippen molar-refractivity contribution in [3.63, 3.8) is 0 Å². The van der Waals surface area contributed by atoms with Gasteiger partial charge in [-0.25, -0.2) is 0 Å². The molecular formula is C41H50N6O2. The number of nitrogens with one attached hydrogen (secondary N) is 2. The summed E-state index contributed by atoms with van der Waals surface area (Å²) in [6.45, 7) is 4.49. The van der Waals surface area contributed by atoms with E-state index in [9.17, 15) is 10.2 Å². The van der Waals surface area contributed by atoms with Crippen LogP contribution in [0.25, 0.3) is 44.3 Å². The molecule has 49 heavy (non-hydrogen) atoms. The maximum Gasteiger partial charge on any atom is 0.127 e. The second-order valence-corrected chi connectivity index (χ2v) is 13.5. The van der Waals surface area contributed by atoms with E-state index in [1.54, 1.807) is 0 Å². The first kappa shape index (κ1) is 34.2. The molecule has 0 radical (unpaired) electrons. The van der Waals surface area contributed by atoms with E-state index in [-0.39, 0.29) is 11.5 Å². The number of H-pyrrole nitrogens is 2. The zero-order chi connectivity index (χ0) is 34.0. The Morgan fingerprint density at radius 2 is 0.918 bits per heavy atom. The molecule has 6 aromatic rings. The third-order valence-corrected chi connectivity index (χ3v) is 9.79. The van der Waals surface area contributed by atoms with Gasteiger partial charge in [-0.2, -0.15) is 30.8 Å². The number of aromatic amines is 2. The zero-order valence-electron chi connectivity index (χ0n) is 29.1. The Labute approximate surface area is 289 Å². The molecule has 0 unspecified atom stereocenters. The van der Waals surface area contributed by atoms with Crippen molar-refractivity contribution in [2.75, 3.05) is 0 Å². The predicted octanol–water partition coefficient (Wildman–Crippen LogP) is 10.4. The van der Waals surface area contributed by atoms with Crippen LogP contribution < -0.4 is 0 Å². The Balaban J connectivity index is 1.38. The Morgan fingerprint density at radius 3 is 1.37 bits per heavy atom. The fourth-order valence-corrected chi connectivity index (χ4v) is 7.08. The van der Waals surface area contributed by atoms with Gasteiger partial charge in [0.15, 0.2) is 0 Å². The molecule has 0 amide bonds. The van der Waals surface area contributed by atoms with E-state index >= 15 is 0 Å². The summed E-state index contributed by atoms with van der Waals surface area (Å²) in [5.74, 6) is 0.422. The van der Waals surface area contributed by atoms with Crippen molar-refractivity contribution in [3.05, 3.63) is 82.9 Å². The molecule has 0 aliphatic rings. The summed E-state index contributed by atoms with van der Waals surface area (Å²) < 4.78 is 0. The van der Waals surface area contributed by atoms with Crippen molar-refractivity contribution < 1.29 is 10.2 Å². The number of unbranched alkanes of at least 4 members (excludes halogenated alkanes) is 10. The van der Waals surface area contributed by atoms with E-state index in [1.165, 1.54) is 75.3 Å². The van der Waals surface area contributed by atoms with Gasteiger partial charge in [0, 0.05) is 28.7 Å². The summed E-state index contributed by atoms with van der Waals surface area (Å²) in [6, 6.07) is 20.2. The Hall–Kier alpha value is -4.72. The van der Waals surface area contributed by atoms with Gasteiger partial charge in [-0.1, -0.05) is 114 Å². The summed E-state index contributed by atoms with van der Waals surface area (Å²) in [6.07, 6.45) is 16.8. The molecule has 2 aromatic heterocycles. The first-order valence-corrected chi connectivity index (χ1v) is 18.4. The molecule has 0 saturated heterocycles. The van der Waals surface area contributed by atoms with Crippen molar-refractivity contribution in [2.24, 2.45) is 0 Å². The SMILES string of the molecule is CCCCCCCCc1cc(Cc2cc(CCCCCCCC)cc(-c3cccc4n[nH]nc34)c2O)c(O)c(-c2cccc3n[nH]nc23)c1. The molecule has 0 aliphatic carbocycles. The highest BCUT2D eigenvalue weighted by Crippen LogP contribution is 2.42. The van der Waals surface area contributed by atoms with E-state index in [1.807, 2.05) is 36.4 Å². The van der Waals surface area contributed by atoms with Gasteiger partial charge in [0.05, 0.1) is 0 Å². The molecule has 8 nitrogen and oxygen atoms in total. The average molecular weight is 659 g/mol. The van der Waals surface area contributed by atoms with E-state index in [0.29, 0.717) is 6.42 Å². The van der Waals surface area contributed by atoms with Crippen molar-refractivity contribution in [2.45, 2.75) is 110 Å². The van der Waals surface area contributed by atoms with Crippen molar-refractivity contribution >= 4 is 22.1 Å². The lowest BCUT2D eigenvalue weighted by molar-refractivity contribution is 0.464. The van der Waals surface area contributed by atoms with Gasteiger partial charge in [0.2, 0.25) is 0 Å². The summed E-state index contributed by atoms with van der Waals surface area (Å²) >= 11 is 0. The molecule has 0 bridgehead atoms. The van der Waals surface area contributed by atoms with Gasteiger partial charge < -0.3 is 10.2 Å². The highest BCUT2D eigenvalue weighted by Gasteiger charge is 2.20. The van der Waals surface area contributed by atoms with E-state index in [4.69, 9.17) is 0 Å². The van der Waals surface area contributed by atoms with E-state index < -0.39 is 0 Å². The average Bonchev–Trinajstić information content (AvgIpc) is 3.80. The summed E-state index contributed by atoms with van der Waals surface area (Å²) in [7, 11) is 0. The minimum atomic E-state index is 0.211. The maximum atomic E-state index is 11.9. The quantitative estimate of drug-likeness (QED) is 0.0681. The van der Waals surface area contributed by atoms with Gasteiger partial charge in [-0.05, 0) is 72.2 Å². The number of hydrogen-bond donors (Lipinski definition) is 4. The second-order valence-electron chi connectivity index (χ2n) is 13.5. The van der Waals surface area contributed by atoms with Crippen LogP contribution in [0.1, 0.15) is 113 Å². The van der Waals surface area contributed by atoms with Gasteiger partial charge in [0.1, 0.15) is 33.6 Å². The number of aryl methyl sites for hydroxylation is 2. The highest BCUT2D eigenvalue weighted by atomic mass is 16.3. The number of para-hydroxylation sites is 2. The minimum absolute atomic E-state index is 0.211. The van der Waals surface area contributed by atoms with Crippen LogP contribution in [0.15, 0.2) is 60.7 Å². The zero-order valence-corrected chi connectivity index (χ0v) is 29.1. The van der Waals surface area contributed by atoms with Crippen LogP contribution in [-0.4, -0.2) is 41.0 Å². The molecule has 0 spiro atoms. The van der Waals surface area contributed by atoms with Crippen LogP contribution in [0.2, 0.25) is 0 Å². The minimum Gasteiger partial charge on any atom is -0.507 e. The Bertz CT molecular complexity index is 1830. The molecule has 2 heterocycles. The van der Waals surface area contributed by atoms with E-state index in [2.05, 4.69) is 68.9 Å². The third-order valence-electron chi connectivity index (χ3n) is 9.79. The number of phenolic OH excluding ortho intramolecular Hbond substituents is 2. The van der Waals surface area contributed by atoms with Gasteiger partial charge >= 0.3 is 0 Å². The maximum absolute atomic E-state index is 11.9. The van der Waals surface area contributed by atoms with Crippen LogP contribution in [0.5, 0.6) is 11.5 Å². The fourth-order valence-electron chi connectivity index (χ4n) is 7.08. The van der Waals surface area contributed by atoms with Gasteiger partial charge in [-0.15, -0.1) is 0 Å². The molecule has 4 aromatic carbocycles. The fraction of sp³-hybridized carbons (Fsp3) is 0.415. The standard InChI is InChI=1S/C41H50N6O2/c1-3-5-7-9-11-13-17-28-23-30(40(48)34(25-28)32-19-15-21-36-38(32)44-46-42-36)27-31-24-29(18-14-12-10-8-6-4-2)26-35(41(31)49)33-20-16-22-37-39(33)45-47-43-37/h15-16,19-26,48-49H,3-14,17-18,27H2,1-2H3,(H,42,44,46)(H,43,45,47). The number of aromatic hydroxyl groups is 2. The molecule has 0 saturated carbocycles. The Morgan fingerprint density at radius 1 is 0.490 bits per heavy atom. The van der Waals surface area contributed by atoms with Crippen molar-refractivity contribution in [1.29, 1.82) is 0 Å². The molecule has 256 valence electrons. The number of benzene rings is 4. The first-order valence-electron chi connectivity index (χ1n) is 18.4. The second kappa shape index (κ2) is 16.6. The Kier molecular flexibility index (Phi) is 11.6. The summed E-state index contributed by atoms with van der Waals surface area (Å²) in [5, 5.41) is 46.8. The third kappa shape index (κ3) is 8.12. The lowest BCUT2D eigenvalue weighted by Crippen LogP contribution is -1.99. The molecular weight excluding hydrogens is 608 g/mol. The van der Waals surface area contributed by atoms with Crippen LogP contribution in [0.3, 0.4) is 0 Å². The van der Waals surface area contributed by atoms with Crippen molar-refractivity contribution in [3.8, 4) is 33.8 Å². The molecule has 0 aliphatic heterocycles. The van der Waals surface area contributed by atoms with Gasteiger partial charge in [-0.3, -0.25) is 0 Å². The number of nitrogens with zero attached hydrogens (tertiary/aromatic N) is 4. The van der Waals surface area contributed by atoms with Gasteiger partial charge in [0.25, 0.3) is 0 Å². The number of rotatable bonds is 18. The molecule has 0 fully saturated rings. The normalized spacial score (nSPS) is 11.6. The molecule has 6 rings (SSSR count). The van der Waals surface area contributed by atoms with E-state index in [0.717, 1.165) is 81.1 Å². The largest absolute Gasteiger partial charge is 0.507 e. The number of phenols is 2. The van der Waals surface area contributed by atoms with Crippen LogP contribution in [-0.2, 0) is 19.3 Å². The molecule has 8 heteroatoms. The summed E-state index contributed by atoms with van der Waals surface area (Å²) in [5.41, 5.74) is 10.1. The monoisotopic (exact) mass is 658 g/mol. The summed E-state index contributed by atoms with van der Waals surface area (Å²) in [4.78, 5) is 0. The van der Waals surface area contributed by atoms with Crippen LogP contribution in [0.4, 0.5) is 0 Å². The highest BCUT2D eigenvalue weighted by molar-refractivity contribution is 5.94. The number of fused-ring (bicyclic) bond motifs is 2. The van der Waals surface area contributed by atoms with Crippen LogP contribution in [0, 0.1) is 0 Å². The molecule has 4 N–H and O–H groups in total. The molecule has 0 atom stereocenters. The first-order chi connectivity index (χ1) is 24.1.